The first-order valence-corrected chi connectivity index (χ1v) is 12.0. The summed E-state index contributed by atoms with van der Waals surface area (Å²) in [5.74, 6) is 1.07. The summed E-state index contributed by atoms with van der Waals surface area (Å²) in [6, 6.07) is 11.9. The van der Waals surface area contributed by atoms with E-state index in [1.54, 1.807) is 30.7 Å². The summed E-state index contributed by atoms with van der Waals surface area (Å²) in [4.78, 5) is 15.8. The molecule has 1 aliphatic rings. The molecule has 0 N–H and O–H groups in total. The van der Waals surface area contributed by atoms with Gasteiger partial charge in [-0.25, -0.2) is 22.8 Å². The lowest BCUT2D eigenvalue weighted by molar-refractivity contribution is 0.387. The van der Waals surface area contributed by atoms with Gasteiger partial charge in [0.15, 0.2) is 0 Å². The highest BCUT2D eigenvalue weighted by Gasteiger charge is 2.27. The topological polar surface area (TPSA) is 84.2 Å². The van der Waals surface area contributed by atoms with Crippen LogP contribution in [0.1, 0.15) is 0 Å². The molecule has 0 saturated carbocycles. The molecule has 32 heavy (non-hydrogen) atoms. The zero-order valence-corrected chi connectivity index (χ0v) is 18.2. The zero-order valence-electron chi connectivity index (χ0n) is 17.4. The van der Waals surface area contributed by atoms with Gasteiger partial charge >= 0.3 is 0 Å². The predicted molar refractivity (Wildman–Crippen MR) is 121 cm³/mol. The van der Waals surface area contributed by atoms with Crippen LogP contribution in [-0.4, -0.2) is 64.7 Å². The smallest absolute Gasteiger partial charge is 0.211 e. The maximum absolute atomic E-state index is 13.6. The van der Waals surface area contributed by atoms with E-state index < -0.39 is 10.0 Å². The Morgan fingerprint density at radius 2 is 1.72 bits per heavy atom. The summed E-state index contributed by atoms with van der Waals surface area (Å²) in [5, 5.41) is 0. The van der Waals surface area contributed by atoms with Crippen LogP contribution in [0.3, 0.4) is 0 Å². The number of hydrogen-bond acceptors (Lipinski definition) is 6. The Balaban J connectivity index is 1.62. The number of hydrogen-bond donors (Lipinski definition) is 0. The number of aromatic nitrogens is 4. The molecular formula is C22H21FN6O2S. The number of benzene rings is 1. The van der Waals surface area contributed by atoms with E-state index in [0.717, 1.165) is 28.1 Å². The second kappa shape index (κ2) is 7.95. The zero-order chi connectivity index (χ0) is 22.3. The molecule has 0 radical (unpaired) electrons. The largest absolute Gasteiger partial charge is 0.353 e. The summed E-state index contributed by atoms with van der Waals surface area (Å²) < 4.78 is 40.8. The first kappa shape index (κ1) is 20.5. The molecule has 4 aromatic rings. The first-order valence-electron chi connectivity index (χ1n) is 10.2. The van der Waals surface area contributed by atoms with Gasteiger partial charge in [-0.15, -0.1) is 0 Å². The normalized spacial score (nSPS) is 15.4. The number of fused-ring (bicyclic) bond motifs is 1. The fourth-order valence-corrected chi connectivity index (χ4v) is 4.84. The average Bonchev–Trinajstić information content (AvgIpc) is 3.19. The fourth-order valence-electron chi connectivity index (χ4n) is 4.01. The van der Waals surface area contributed by atoms with Gasteiger partial charge in [0.25, 0.3) is 0 Å². The van der Waals surface area contributed by atoms with Crippen molar-refractivity contribution in [2.75, 3.05) is 37.3 Å². The number of nitrogens with zero attached hydrogens (tertiary/aromatic N) is 6. The second-order valence-corrected chi connectivity index (χ2v) is 9.62. The van der Waals surface area contributed by atoms with E-state index in [4.69, 9.17) is 4.98 Å². The van der Waals surface area contributed by atoms with Crippen LogP contribution < -0.4 is 4.90 Å². The Kier molecular flexibility index (Phi) is 5.10. The van der Waals surface area contributed by atoms with Crippen LogP contribution in [0, 0.1) is 5.82 Å². The second-order valence-electron chi connectivity index (χ2n) is 7.64. The van der Waals surface area contributed by atoms with Gasteiger partial charge in [0.1, 0.15) is 17.5 Å². The third kappa shape index (κ3) is 3.71. The summed E-state index contributed by atoms with van der Waals surface area (Å²) in [5.41, 5.74) is 3.12. The van der Waals surface area contributed by atoms with E-state index in [1.165, 1.54) is 22.7 Å². The monoisotopic (exact) mass is 452 g/mol. The van der Waals surface area contributed by atoms with Gasteiger partial charge in [0.05, 0.1) is 29.0 Å². The van der Waals surface area contributed by atoms with E-state index in [1.807, 2.05) is 22.8 Å². The van der Waals surface area contributed by atoms with Crippen LogP contribution in [0.2, 0.25) is 0 Å². The van der Waals surface area contributed by atoms with Crippen LogP contribution in [-0.2, 0) is 10.0 Å². The lowest BCUT2D eigenvalue weighted by atomic mass is 10.2. The predicted octanol–water partition coefficient (Wildman–Crippen LogP) is 2.70. The minimum atomic E-state index is -3.23. The quantitative estimate of drug-likeness (QED) is 0.473. The van der Waals surface area contributed by atoms with Gasteiger partial charge < -0.3 is 4.90 Å². The third-order valence-electron chi connectivity index (χ3n) is 5.58. The minimum absolute atomic E-state index is 0.316. The molecule has 0 amide bonds. The Morgan fingerprint density at radius 3 is 2.44 bits per heavy atom. The molecule has 1 saturated heterocycles. The Morgan fingerprint density at radius 1 is 0.969 bits per heavy atom. The molecule has 5 rings (SSSR count). The molecule has 8 nitrogen and oxygen atoms in total. The SMILES string of the molecule is CS(=O)(=O)N1CCN(c2ncccc2-c2nc3ccncc3n2-c2ccc(F)cc2)CC1. The van der Waals surface area contributed by atoms with Crippen molar-refractivity contribution >= 4 is 26.9 Å². The summed E-state index contributed by atoms with van der Waals surface area (Å²) in [6.45, 7) is 1.84. The molecule has 10 heteroatoms. The lowest BCUT2D eigenvalue weighted by Gasteiger charge is -2.34. The van der Waals surface area contributed by atoms with Gasteiger partial charge in [-0.05, 0) is 42.5 Å². The summed E-state index contributed by atoms with van der Waals surface area (Å²) in [7, 11) is -3.23. The van der Waals surface area contributed by atoms with Crippen LogP contribution in [0.15, 0.2) is 61.1 Å². The Bertz CT molecular complexity index is 1380. The van der Waals surface area contributed by atoms with Crippen molar-refractivity contribution in [2.24, 2.45) is 0 Å². The van der Waals surface area contributed by atoms with Crippen molar-refractivity contribution in [3.63, 3.8) is 0 Å². The van der Waals surface area contributed by atoms with E-state index in [-0.39, 0.29) is 5.82 Å². The number of halogens is 1. The van der Waals surface area contributed by atoms with Crippen molar-refractivity contribution in [3.05, 3.63) is 66.9 Å². The molecular weight excluding hydrogens is 431 g/mol. The van der Waals surface area contributed by atoms with Crippen molar-refractivity contribution in [2.45, 2.75) is 0 Å². The van der Waals surface area contributed by atoms with Gasteiger partial charge in [0.2, 0.25) is 10.0 Å². The Hall–Kier alpha value is -3.37. The van der Waals surface area contributed by atoms with Crippen LogP contribution in [0.25, 0.3) is 28.1 Å². The molecule has 1 fully saturated rings. The van der Waals surface area contributed by atoms with E-state index in [0.29, 0.717) is 32.0 Å². The molecule has 4 heterocycles. The van der Waals surface area contributed by atoms with E-state index in [9.17, 15) is 12.8 Å². The number of sulfonamides is 1. The summed E-state index contributed by atoms with van der Waals surface area (Å²) in [6.07, 6.45) is 6.36. The molecule has 0 aliphatic carbocycles. The molecule has 0 bridgehead atoms. The molecule has 3 aromatic heterocycles. The van der Waals surface area contributed by atoms with Crippen molar-refractivity contribution in [1.82, 2.24) is 23.8 Å². The molecule has 0 atom stereocenters. The number of anilines is 1. The maximum atomic E-state index is 13.6. The lowest BCUT2D eigenvalue weighted by Crippen LogP contribution is -2.48. The average molecular weight is 453 g/mol. The highest BCUT2D eigenvalue weighted by molar-refractivity contribution is 7.88. The molecule has 1 aliphatic heterocycles. The van der Waals surface area contributed by atoms with Crippen LogP contribution in [0.4, 0.5) is 10.2 Å². The van der Waals surface area contributed by atoms with Crippen molar-refractivity contribution in [3.8, 4) is 17.1 Å². The molecule has 0 unspecified atom stereocenters. The highest BCUT2D eigenvalue weighted by Crippen LogP contribution is 2.33. The molecule has 1 aromatic carbocycles. The first-order chi connectivity index (χ1) is 15.4. The van der Waals surface area contributed by atoms with Crippen LogP contribution in [0.5, 0.6) is 0 Å². The minimum Gasteiger partial charge on any atom is -0.353 e. The number of imidazole rings is 1. The molecule has 164 valence electrons. The van der Waals surface area contributed by atoms with Crippen molar-refractivity contribution < 1.29 is 12.8 Å². The third-order valence-corrected chi connectivity index (χ3v) is 6.88. The van der Waals surface area contributed by atoms with Crippen molar-refractivity contribution in [1.29, 1.82) is 0 Å². The number of piperazine rings is 1. The number of rotatable bonds is 4. The molecule has 0 spiro atoms. The van der Waals surface area contributed by atoms with Gasteiger partial charge in [-0.2, -0.15) is 4.31 Å². The van der Waals surface area contributed by atoms with Gasteiger partial charge in [-0.3, -0.25) is 9.55 Å². The van der Waals surface area contributed by atoms with E-state index >= 15 is 0 Å². The van der Waals surface area contributed by atoms with Gasteiger partial charge in [0, 0.05) is 44.3 Å². The highest BCUT2D eigenvalue weighted by atomic mass is 32.2. The van der Waals surface area contributed by atoms with Gasteiger partial charge in [-0.1, -0.05) is 0 Å². The number of pyridine rings is 2. The summed E-state index contributed by atoms with van der Waals surface area (Å²) >= 11 is 0. The van der Waals surface area contributed by atoms with E-state index in [2.05, 4.69) is 14.9 Å². The van der Waals surface area contributed by atoms with Crippen LogP contribution >= 0.6 is 0 Å². The maximum Gasteiger partial charge on any atom is 0.211 e. The fraction of sp³-hybridized carbons (Fsp3) is 0.227. The Labute approximate surface area is 185 Å². The standard InChI is InChI=1S/C22H21FN6O2S/c1-32(30,31)28-13-11-27(12-14-28)21-18(3-2-9-25-21)22-26-19-8-10-24-15-20(19)29(22)17-6-4-16(23)5-7-17/h2-10,15H,11-14H2,1H3.